The van der Waals surface area contributed by atoms with Gasteiger partial charge in [0.2, 0.25) is 0 Å². The van der Waals surface area contributed by atoms with E-state index in [4.69, 9.17) is 0 Å². The van der Waals surface area contributed by atoms with Gasteiger partial charge >= 0.3 is 0 Å². The van der Waals surface area contributed by atoms with Crippen LogP contribution in [0.3, 0.4) is 0 Å². The summed E-state index contributed by atoms with van der Waals surface area (Å²) in [5, 5.41) is 10.2. The average molecular weight is 362 g/mol. The molecule has 2 rings (SSSR count). The maximum absolute atomic E-state index is 11.5. The van der Waals surface area contributed by atoms with Crippen molar-refractivity contribution in [3.05, 3.63) is 34.3 Å². The molecule has 1 aliphatic rings. The van der Waals surface area contributed by atoms with Crippen LogP contribution in [0.1, 0.15) is 24.5 Å². The van der Waals surface area contributed by atoms with E-state index < -0.39 is 15.9 Å². The van der Waals surface area contributed by atoms with E-state index in [1.807, 2.05) is 24.3 Å². The molecular formula is C14H20BrNO3S. The van der Waals surface area contributed by atoms with Crippen molar-refractivity contribution in [3.8, 4) is 0 Å². The molecule has 0 saturated carbocycles. The van der Waals surface area contributed by atoms with Crippen molar-refractivity contribution in [2.24, 2.45) is 0 Å². The zero-order chi connectivity index (χ0) is 14.6. The molecule has 1 fully saturated rings. The van der Waals surface area contributed by atoms with Crippen LogP contribution in [0.2, 0.25) is 0 Å². The molecule has 0 bridgehead atoms. The predicted octanol–water partition coefficient (Wildman–Crippen LogP) is 1.99. The summed E-state index contributed by atoms with van der Waals surface area (Å²) in [6.07, 6.45) is 0.804. The number of rotatable bonds is 4. The fourth-order valence-corrected chi connectivity index (χ4v) is 4.13. The molecular weight excluding hydrogens is 342 g/mol. The molecule has 0 radical (unpaired) electrons. The van der Waals surface area contributed by atoms with Crippen LogP contribution in [0, 0.1) is 0 Å². The van der Waals surface area contributed by atoms with Crippen LogP contribution in [0.15, 0.2) is 28.7 Å². The molecule has 6 heteroatoms. The molecule has 1 heterocycles. The van der Waals surface area contributed by atoms with Gasteiger partial charge in [-0.2, -0.15) is 0 Å². The molecule has 1 aliphatic heterocycles. The van der Waals surface area contributed by atoms with E-state index >= 15 is 0 Å². The van der Waals surface area contributed by atoms with E-state index in [-0.39, 0.29) is 11.5 Å². The minimum Gasteiger partial charge on any atom is -0.388 e. The highest BCUT2D eigenvalue weighted by Gasteiger charge is 2.19. The first-order chi connectivity index (χ1) is 9.46. The molecule has 4 nitrogen and oxygen atoms in total. The van der Waals surface area contributed by atoms with Crippen molar-refractivity contribution in [1.29, 1.82) is 0 Å². The van der Waals surface area contributed by atoms with Crippen molar-refractivity contribution < 1.29 is 13.5 Å². The lowest BCUT2D eigenvalue weighted by Gasteiger charge is -2.21. The summed E-state index contributed by atoms with van der Waals surface area (Å²) >= 11 is 3.39. The molecule has 0 spiro atoms. The van der Waals surface area contributed by atoms with Crippen molar-refractivity contribution in [3.63, 3.8) is 0 Å². The third kappa shape index (κ3) is 4.84. The third-order valence-electron chi connectivity index (χ3n) is 3.60. The Bertz CT molecular complexity index is 547. The number of halogens is 1. The molecule has 1 unspecified atom stereocenters. The van der Waals surface area contributed by atoms with Crippen LogP contribution in [-0.4, -0.2) is 49.6 Å². The summed E-state index contributed by atoms with van der Waals surface area (Å²) in [6, 6.07) is 7.65. The van der Waals surface area contributed by atoms with Gasteiger partial charge in [-0.3, -0.25) is 0 Å². The fraction of sp³-hybridized carbons (Fsp3) is 0.571. The van der Waals surface area contributed by atoms with Crippen LogP contribution >= 0.6 is 15.9 Å². The van der Waals surface area contributed by atoms with Crippen LogP contribution < -0.4 is 0 Å². The lowest BCUT2D eigenvalue weighted by molar-refractivity contribution is 0.144. The molecule has 1 aromatic rings. The zero-order valence-electron chi connectivity index (χ0n) is 11.3. The Kier molecular flexibility index (Phi) is 5.60. The second-order valence-corrected chi connectivity index (χ2v) is 8.43. The Morgan fingerprint density at radius 3 is 2.85 bits per heavy atom. The standard InChI is InChI=1S/C14H20BrNO3S/c15-13-4-1-3-12(11-13)14(17)5-7-16-6-2-9-20(18,19)10-8-16/h1,3-4,11,14,17H,2,5-10H2. The quantitative estimate of drug-likeness (QED) is 0.890. The minimum atomic E-state index is -2.86. The predicted molar refractivity (Wildman–Crippen MR) is 83.4 cm³/mol. The lowest BCUT2D eigenvalue weighted by atomic mass is 10.1. The van der Waals surface area contributed by atoms with Gasteiger partial charge in [-0.1, -0.05) is 28.1 Å². The van der Waals surface area contributed by atoms with Gasteiger partial charge < -0.3 is 10.0 Å². The minimum absolute atomic E-state index is 0.236. The lowest BCUT2D eigenvalue weighted by Crippen LogP contribution is -2.29. The van der Waals surface area contributed by atoms with E-state index in [9.17, 15) is 13.5 Å². The van der Waals surface area contributed by atoms with Crippen LogP contribution in [-0.2, 0) is 9.84 Å². The number of hydrogen-bond donors (Lipinski definition) is 1. The maximum Gasteiger partial charge on any atom is 0.151 e. The summed E-state index contributed by atoms with van der Waals surface area (Å²) in [7, 11) is -2.86. The van der Waals surface area contributed by atoms with Crippen LogP contribution in [0.5, 0.6) is 0 Å². The highest BCUT2D eigenvalue weighted by atomic mass is 79.9. The molecule has 112 valence electrons. The van der Waals surface area contributed by atoms with E-state index in [2.05, 4.69) is 20.8 Å². The number of nitrogens with zero attached hydrogens (tertiary/aromatic N) is 1. The topological polar surface area (TPSA) is 57.6 Å². The van der Waals surface area contributed by atoms with Gasteiger partial charge in [-0.05, 0) is 37.1 Å². The summed E-state index contributed by atoms with van der Waals surface area (Å²) in [6.45, 7) is 2.10. The summed E-state index contributed by atoms with van der Waals surface area (Å²) in [5.41, 5.74) is 0.891. The number of hydrogen-bond acceptors (Lipinski definition) is 4. The Morgan fingerprint density at radius 1 is 1.30 bits per heavy atom. The Balaban J connectivity index is 1.86. The Hall–Kier alpha value is -0.430. The molecule has 1 N–H and O–H groups in total. The maximum atomic E-state index is 11.5. The molecule has 1 atom stereocenters. The van der Waals surface area contributed by atoms with Crippen LogP contribution in [0.25, 0.3) is 0 Å². The van der Waals surface area contributed by atoms with Gasteiger partial charge in [-0.15, -0.1) is 0 Å². The summed E-state index contributed by atoms with van der Waals surface area (Å²) < 4.78 is 24.0. The Morgan fingerprint density at radius 2 is 2.10 bits per heavy atom. The SMILES string of the molecule is O=S1(=O)CCCN(CCC(O)c2cccc(Br)c2)CC1. The fourth-order valence-electron chi connectivity index (χ4n) is 2.40. The summed E-state index contributed by atoms with van der Waals surface area (Å²) in [4.78, 5) is 2.13. The second-order valence-electron chi connectivity index (χ2n) is 5.21. The smallest absolute Gasteiger partial charge is 0.151 e. The first-order valence-electron chi connectivity index (χ1n) is 6.82. The molecule has 0 aromatic heterocycles. The van der Waals surface area contributed by atoms with E-state index in [1.54, 1.807) is 0 Å². The van der Waals surface area contributed by atoms with Crippen molar-refractivity contribution in [1.82, 2.24) is 4.90 Å². The summed E-state index contributed by atoms with van der Waals surface area (Å²) in [5.74, 6) is 0.525. The number of sulfone groups is 1. The van der Waals surface area contributed by atoms with Gasteiger partial charge in [0.1, 0.15) is 0 Å². The van der Waals surface area contributed by atoms with Gasteiger partial charge in [0, 0.05) is 17.6 Å². The highest BCUT2D eigenvalue weighted by Crippen LogP contribution is 2.21. The largest absolute Gasteiger partial charge is 0.388 e. The first-order valence-corrected chi connectivity index (χ1v) is 9.44. The van der Waals surface area contributed by atoms with Crippen molar-refractivity contribution in [2.75, 3.05) is 31.1 Å². The van der Waals surface area contributed by atoms with Crippen molar-refractivity contribution in [2.45, 2.75) is 18.9 Å². The number of benzene rings is 1. The molecule has 1 aromatic carbocycles. The van der Waals surface area contributed by atoms with E-state index in [0.717, 1.165) is 23.1 Å². The first kappa shape index (κ1) is 15.9. The van der Waals surface area contributed by atoms with Gasteiger partial charge in [0.05, 0.1) is 17.6 Å². The molecule has 20 heavy (non-hydrogen) atoms. The molecule has 1 saturated heterocycles. The van der Waals surface area contributed by atoms with E-state index in [1.165, 1.54) is 0 Å². The molecule has 0 aliphatic carbocycles. The van der Waals surface area contributed by atoms with Gasteiger partial charge in [0.15, 0.2) is 9.84 Å². The van der Waals surface area contributed by atoms with Gasteiger partial charge in [-0.25, -0.2) is 8.42 Å². The highest BCUT2D eigenvalue weighted by molar-refractivity contribution is 9.10. The Labute approximate surface area is 128 Å². The van der Waals surface area contributed by atoms with Gasteiger partial charge in [0.25, 0.3) is 0 Å². The second kappa shape index (κ2) is 7.02. The third-order valence-corrected chi connectivity index (χ3v) is 5.81. The molecule has 0 amide bonds. The normalized spacial score (nSPS) is 21.3. The van der Waals surface area contributed by atoms with Crippen molar-refractivity contribution >= 4 is 25.8 Å². The zero-order valence-corrected chi connectivity index (χ0v) is 13.7. The van der Waals surface area contributed by atoms with Crippen LogP contribution in [0.4, 0.5) is 0 Å². The number of aliphatic hydroxyl groups is 1. The monoisotopic (exact) mass is 361 g/mol. The number of aliphatic hydroxyl groups excluding tert-OH is 1. The average Bonchev–Trinajstić information content (AvgIpc) is 2.57. The van der Waals surface area contributed by atoms with E-state index in [0.29, 0.717) is 19.4 Å².